The molecular weight excluding hydrogens is 262 g/mol. The van der Waals surface area contributed by atoms with E-state index < -0.39 is 6.10 Å². The Morgan fingerprint density at radius 3 is 3.00 bits per heavy atom. The summed E-state index contributed by atoms with van der Waals surface area (Å²) in [6.45, 7) is 1.18. The van der Waals surface area contributed by atoms with Crippen molar-refractivity contribution in [2.24, 2.45) is 0 Å². The number of halogens is 1. The molecule has 82 valence electrons. The molecule has 1 aliphatic rings. The van der Waals surface area contributed by atoms with E-state index in [-0.39, 0.29) is 6.10 Å². The first kappa shape index (κ1) is 10.8. The lowest BCUT2D eigenvalue weighted by atomic mass is 10.3. The molecule has 2 heterocycles. The van der Waals surface area contributed by atoms with Crippen LogP contribution in [0.25, 0.3) is 0 Å². The Balaban J connectivity index is 2.17. The number of hydrogen-bond acceptors (Lipinski definition) is 5. The van der Waals surface area contributed by atoms with Gasteiger partial charge < -0.3 is 14.7 Å². The van der Waals surface area contributed by atoms with E-state index >= 15 is 0 Å². The van der Waals surface area contributed by atoms with Crippen molar-refractivity contribution in [3.8, 4) is 0 Å². The molecule has 0 amide bonds. The van der Waals surface area contributed by atoms with Crippen LogP contribution in [0.4, 0.5) is 5.82 Å². The van der Waals surface area contributed by atoms with Gasteiger partial charge in [-0.25, -0.2) is 9.97 Å². The molecule has 0 aromatic carbocycles. The highest BCUT2D eigenvalue weighted by Crippen LogP contribution is 2.26. The molecule has 0 bridgehead atoms. The van der Waals surface area contributed by atoms with E-state index in [1.165, 1.54) is 6.33 Å². The van der Waals surface area contributed by atoms with Gasteiger partial charge in [-0.3, -0.25) is 0 Å². The van der Waals surface area contributed by atoms with Gasteiger partial charge >= 0.3 is 0 Å². The summed E-state index contributed by atoms with van der Waals surface area (Å²) >= 11 is 3.38. The highest BCUT2D eigenvalue weighted by Gasteiger charge is 2.32. The van der Waals surface area contributed by atoms with Crippen LogP contribution in [0.3, 0.4) is 0 Å². The van der Waals surface area contributed by atoms with E-state index in [1.54, 1.807) is 13.3 Å². The van der Waals surface area contributed by atoms with E-state index in [1.807, 2.05) is 4.90 Å². The summed E-state index contributed by atoms with van der Waals surface area (Å²) in [5, 5.41) is 9.69. The van der Waals surface area contributed by atoms with Crippen molar-refractivity contribution in [1.82, 2.24) is 9.97 Å². The van der Waals surface area contributed by atoms with Crippen LogP contribution in [0, 0.1) is 0 Å². The van der Waals surface area contributed by atoms with E-state index in [4.69, 9.17) is 4.74 Å². The maximum Gasteiger partial charge on any atom is 0.146 e. The van der Waals surface area contributed by atoms with E-state index in [0.29, 0.717) is 13.1 Å². The largest absolute Gasteiger partial charge is 0.388 e. The average molecular weight is 274 g/mol. The Morgan fingerprint density at radius 2 is 2.40 bits per heavy atom. The van der Waals surface area contributed by atoms with Crippen molar-refractivity contribution >= 4 is 21.7 Å². The van der Waals surface area contributed by atoms with E-state index in [2.05, 4.69) is 25.9 Å². The summed E-state index contributed by atoms with van der Waals surface area (Å²) in [5.41, 5.74) is 0. The Bertz CT molecular complexity index is 350. The maximum atomic E-state index is 9.69. The number of aliphatic hydroxyl groups excluding tert-OH is 1. The maximum absolute atomic E-state index is 9.69. The minimum absolute atomic E-state index is 0.146. The average Bonchev–Trinajstić information content (AvgIpc) is 2.60. The number of anilines is 1. The Kier molecular flexibility index (Phi) is 3.18. The topological polar surface area (TPSA) is 58.5 Å². The third-order valence-electron chi connectivity index (χ3n) is 2.49. The molecule has 1 aliphatic heterocycles. The first-order valence-corrected chi connectivity index (χ1v) is 5.43. The SMILES string of the molecule is CO[C@@H]1CN(c2ncncc2Br)C[C@H]1O. The van der Waals surface area contributed by atoms with Crippen molar-refractivity contribution in [3.05, 3.63) is 17.0 Å². The number of aromatic nitrogens is 2. The van der Waals surface area contributed by atoms with Gasteiger partial charge in [0.15, 0.2) is 0 Å². The normalized spacial score (nSPS) is 25.9. The fourth-order valence-corrected chi connectivity index (χ4v) is 2.17. The molecule has 0 saturated carbocycles. The third kappa shape index (κ3) is 2.11. The molecule has 5 nitrogen and oxygen atoms in total. The fourth-order valence-electron chi connectivity index (χ4n) is 1.70. The van der Waals surface area contributed by atoms with Crippen molar-refractivity contribution < 1.29 is 9.84 Å². The quantitative estimate of drug-likeness (QED) is 0.847. The first-order chi connectivity index (χ1) is 7.22. The van der Waals surface area contributed by atoms with Crippen LogP contribution >= 0.6 is 15.9 Å². The van der Waals surface area contributed by atoms with Crippen molar-refractivity contribution in [3.63, 3.8) is 0 Å². The molecule has 2 atom stereocenters. The Labute approximate surface area is 96.2 Å². The van der Waals surface area contributed by atoms with E-state index in [9.17, 15) is 5.11 Å². The highest BCUT2D eigenvalue weighted by molar-refractivity contribution is 9.10. The second-order valence-corrected chi connectivity index (χ2v) is 4.30. The van der Waals surface area contributed by atoms with Crippen LogP contribution in [0.2, 0.25) is 0 Å². The minimum Gasteiger partial charge on any atom is -0.388 e. The van der Waals surface area contributed by atoms with Crippen molar-refractivity contribution in [1.29, 1.82) is 0 Å². The van der Waals surface area contributed by atoms with Crippen molar-refractivity contribution in [2.75, 3.05) is 25.1 Å². The first-order valence-electron chi connectivity index (χ1n) is 4.63. The lowest BCUT2D eigenvalue weighted by molar-refractivity contribution is 0.0217. The smallest absolute Gasteiger partial charge is 0.146 e. The number of ether oxygens (including phenoxy) is 1. The molecule has 1 saturated heterocycles. The monoisotopic (exact) mass is 273 g/mol. The number of hydrogen-bond donors (Lipinski definition) is 1. The lowest BCUT2D eigenvalue weighted by Gasteiger charge is -2.17. The second-order valence-electron chi connectivity index (χ2n) is 3.44. The number of β-amino-alcohol motifs (C(OH)–C–C–N with tert-alkyl or cyclic N) is 1. The zero-order valence-electron chi connectivity index (χ0n) is 8.30. The van der Waals surface area contributed by atoms with E-state index in [0.717, 1.165) is 10.3 Å². The van der Waals surface area contributed by atoms with Gasteiger partial charge in [0, 0.05) is 26.4 Å². The van der Waals surface area contributed by atoms with Gasteiger partial charge in [-0.1, -0.05) is 0 Å². The van der Waals surface area contributed by atoms with Gasteiger partial charge in [0.1, 0.15) is 18.2 Å². The van der Waals surface area contributed by atoms with Crippen LogP contribution < -0.4 is 4.90 Å². The number of rotatable bonds is 2. The summed E-state index contributed by atoms with van der Waals surface area (Å²) in [4.78, 5) is 10.0. The predicted octanol–water partition coefficient (Wildman–Crippen LogP) is 0.435. The molecule has 1 N–H and O–H groups in total. The molecule has 2 rings (SSSR count). The molecule has 0 spiro atoms. The standard InChI is InChI=1S/C9H12BrN3O2/c1-15-8-4-13(3-7(8)14)9-6(10)2-11-5-12-9/h2,5,7-8,14H,3-4H2,1H3/t7-,8-/m1/s1. The van der Waals surface area contributed by atoms with Crippen molar-refractivity contribution in [2.45, 2.75) is 12.2 Å². The number of aliphatic hydroxyl groups is 1. The fraction of sp³-hybridized carbons (Fsp3) is 0.556. The molecule has 1 aromatic heterocycles. The third-order valence-corrected chi connectivity index (χ3v) is 3.05. The second kappa shape index (κ2) is 4.42. The zero-order chi connectivity index (χ0) is 10.8. The van der Waals surface area contributed by atoms with Gasteiger partial charge in [-0.05, 0) is 15.9 Å². The molecular formula is C9H12BrN3O2. The molecule has 0 radical (unpaired) electrons. The predicted molar refractivity (Wildman–Crippen MR) is 58.7 cm³/mol. The van der Waals surface area contributed by atoms with Gasteiger partial charge in [0.05, 0.1) is 10.6 Å². The van der Waals surface area contributed by atoms with Crippen LogP contribution in [0.1, 0.15) is 0 Å². The van der Waals surface area contributed by atoms with Gasteiger partial charge in [0.25, 0.3) is 0 Å². The molecule has 1 fully saturated rings. The van der Waals surface area contributed by atoms with Gasteiger partial charge in [-0.2, -0.15) is 0 Å². The number of methoxy groups -OCH3 is 1. The van der Waals surface area contributed by atoms with Crippen LogP contribution in [0.15, 0.2) is 17.0 Å². The number of nitrogens with zero attached hydrogens (tertiary/aromatic N) is 3. The highest BCUT2D eigenvalue weighted by atomic mass is 79.9. The lowest BCUT2D eigenvalue weighted by Crippen LogP contribution is -2.25. The van der Waals surface area contributed by atoms with Crippen LogP contribution in [-0.2, 0) is 4.74 Å². The Morgan fingerprint density at radius 1 is 1.60 bits per heavy atom. The molecule has 15 heavy (non-hydrogen) atoms. The molecule has 0 unspecified atom stereocenters. The molecule has 1 aromatic rings. The van der Waals surface area contributed by atoms with Crippen LogP contribution in [0.5, 0.6) is 0 Å². The summed E-state index contributed by atoms with van der Waals surface area (Å²) in [7, 11) is 1.60. The van der Waals surface area contributed by atoms with Gasteiger partial charge in [0.2, 0.25) is 0 Å². The molecule has 0 aliphatic carbocycles. The van der Waals surface area contributed by atoms with Crippen LogP contribution in [-0.4, -0.2) is 47.5 Å². The summed E-state index contributed by atoms with van der Waals surface area (Å²) in [6, 6.07) is 0. The van der Waals surface area contributed by atoms with Gasteiger partial charge in [-0.15, -0.1) is 0 Å². The molecule has 6 heteroatoms. The Hall–Kier alpha value is -0.720. The summed E-state index contributed by atoms with van der Waals surface area (Å²) < 4.78 is 5.99. The zero-order valence-corrected chi connectivity index (χ0v) is 9.88. The summed E-state index contributed by atoms with van der Waals surface area (Å²) in [6.07, 6.45) is 2.57. The summed E-state index contributed by atoms with van der Waals surface area (Å²) in [5.74, 6) is 0.795. The minimum atomic E-state index is -0.461.